The molecule has 4 heterocycles. The Labute approximate surface area is 239 Å². The lowest BCUT2D eigenvalue weighted by Crippen LogP contribution is -2.53. The second-order valence-electron chi connectivity index (χ2n) is 10.1. The number of carbonyl (C=O) groups excluding carboxylic acids is 2. The Morgan fingerprint density at radius 1 is 1.20 bits per heavy atom. The number of aromatic nitrogens is 4. The fourth-order valence-electron chi connectivity index (χ4n) is 4.80. The van der Waals surface area contributed by atoms with E-state index < -0.39 is 18.1 Å². The van der Waals surface area contributed by atoms with Gasteiger partial charge in [-0.25, -0.2) is 4.98 Å². The van der Waals surface area contributed by atoms with Gasteiger partial charge in [0.25, 0.3) is 11.8 Å². The van der Waals surface area contributed by atoms with Crippen molar-refractivity contribution in [1.82, 2.24) is 35.3 Å². The molecule has 2 amide bonds. The first-order valence-corrected chi connectivity index (χ1v) is 13.5. The number of hydrogen-bond acceptors (Lipinski definition) is 8. The molecule has 2 aliphatic rings. The van der Waals surface area contributed by atoms with Crippen LogP contribution >= 0.6 is 0 Å². The van der Waals surface area contributed by atoms with Crippen molar-refractivity contribution in [1.29, 1.82) is 0 Å². The third-order valence-corrected chi connectivity index (χ3v) is 7.13. The van der Waals surface area contributed by atoms with Crippen LogP contribution in [0.15, 0.2) is 42.7 Å². The van der Waals surface area contributed by atoms with Crippen LogP contribution in [-0.4, -0.2) is 100 Å². The Balaban J connectivity index is 1.22. The monoisotopic (exact) mass is 552 g/mol. The van der Waals surface area contributed by atoms with Gasteiger partial charge >= 0.3 is 0 Å². The molecule has 5 rings (SSSR count). The molecule has 0 saturated carbocycles. The first-order chi connectivity index (χ1) is 19.9. The molecule has 2 aromatic heterocycles. The van der Waals surface area contributed by atoms with Crippen LogP contribution in [0.5, 0.6) is 5.75 Å². The third kappa shape index (κ3) is 6.72. The summed E-state index contributed by atoms with van der Waals surface area (Å²) in [4.78, 5) is 40.9. The minimum absolute atomic E-state index is 0.0525. The summed E-state index contributed by atoms with van der Waals surface area (Å²) in [5.74, 6) is 9.26. The van der Waals surface area contributed by atoms with E-state index in [1.807, 2.05) is 30.3 Å². The van der Waals surface area contributed by atoms with Crippen LogP contribution in [0, 0.1) is 24.2 Å². The van der Waals surface area contributed by atoms with Crippen LogP contribution in [0.4, 0.5) is 5.69 Å². The molecule has 2 N–H and O–H groups in total. The van der Waals surface area contributed by atoms with E-state index in [0.717, 1.165) is 37.3 Å². The molecule has 0 bridgehead atoms. The number of likely N-dealkylation sites (N-methyl/N-ethyl adjacent to an activating group) is 1. The summed E-state index contributed by atoms with van der Waals surface area (Å²) in [7, 11) is 1.66. The predicted octanol–water partition coefficient (Wildman–Crippen LogP) is 0.935. The highest BCUT2D eigenvalue weighted by atomic mass is 16.5. The van der Waals surface area contributed by atoms with Gasteiger partial charge in [0.2, 0.25) is 5.82 Å². The Morgan fingerprint density at radius 2 is 1.98 bits per heavy atom. The quantitative estimate of drug-likeness (QED) is 0.434. The summed E-state index contributed by atoms with van der Waals surface area (Å²) in [6, 6.07) is 8.31. The zero-order valence-electron chi connectivity index (χ0n) is 23.1. The molecule has 1 fully saturated rings. The molecule has 1 saturated heterocycles. The molecule has 2 atom stereocenters. The van der Waals surface area contributed by atoms with Gasteiger partial charge in [-0.1, -0.05) is 23.8 Å². The number of aromatic amines is 1. The van der Waals surface area contributed by atoms with Crippen LogP contribution in [0.3, 0.4) is 0 Å². The normalized spacial score (nSPS) is 19.2. The number of benzene rings is 1. The summed E-state index contributed by atoms with van der Waals surface area (Å²) in [6.45, 7) is 6.81. The number of H-pyrrole nitrogens is 1. The third-order valence-electron chi connectivity index (χ3n) is 7.13. The summed E-state index contributed by atoms with van der Waals surface area (Å²) in [5.41, 5.74) is 2.29. The molecule has 0 aliphatic carbocycles. The Morgan fingerprint density at radius 3 is 2.71 bits per heavy atom. The number of amides is 2. The zero-order chi connectivity index (χ0) is 28.8. The van der Waals surface area contributed by atoms with E-state index in [1.165, 1.54) is 4.90 Å². The topological polar surface area (TPSA) is 120 Å². The molecule has 3 aromatic rings. The van der Waals surface area contributed by atoms with E-state index in [4.69, 9.17) is 11.2 Å². The number of anilines is 1. The van der Waals surface area contributed by atoms with Crippen molar-refractivity contribution in [3.05, 3.63) is 65.5 Å². The van der Waals surface area contributed by atoms with E-state index in [0.29, 0.717) is 36.8 Å². The molecule has 11 heteroatoms. The lowest BCUT2D eigenvalue weighted by molar-refractivity contribution is -0.121. The van der Waals surface area contributed by atoms with Crippen LogP contribution in [0.2, 0.25) is 0 Å². The van der Waals surface area contributed by atoms with Gasteiger partial charge in [-0.15, -0.1) is 11.5 Å². The highest BCUT2D eigenvalue weighted by Gasteiger charge is 2.36. The van der Waals surface area contributed by atoms with Crippen molar-refractivity contribution < 1.29 is 14.3 Å². The first-order valence-electron chi connectivity index (χ1n) is 13.5. The number of rotatable bonds is 6. The van der Waals surface area contributed by atoms with Crippen LogP contribution in [0.1, 0.15) is 34.5 Å². The predicted molar refractivity (Wildman–Crippen MR) is 153 cm³/mol. The highest BCUT2D eigenvalue weighted by Crippen LogP contribution is 2.33. The van der Waals surface area contributed by atoms with Crippen LogP contribution < -0.4 is 15.0 Å². The van der Waals surface area contributed by atoms with Gasteiger partial charge in [-0.3, -0.25) is 29.5 Å². The van der Waals surface area contributed by atoms with Gasteiger partial charge < -0.3 is 15.0 Å². The number of nitrogens with zero attached hydrogens (tertiary/aromatic N) is 6. The molecule has 0 radical (unpaired) electrons. The number of fused-ring (bicyclic) bond motifs is 1. The number of hydrogen-bond donors (Lipinski definition) is 2. The van der Waals surface area contributed by atoms with Gasteiger partial charge in [0.15, 0.2) is 0 Å². The second-order valence-corrected chi connectivity index (χ2v) is 10.1. The highest BCUT2D eigenvalue weighted by molar-refractivity contribution is 6.02. The molecule has 1 aromatic carbocycles. The number of carbonyl (C=O) groups is 2. The Bertz CT molecular complexity index is 1500. The van der Waals surface area contributed by atoms with E-state index in [2.05, 4.69) is 53.0 Å². The van der Waals surface area contributed by atoms with Gasteiger partial charge in [0.1, 0.15) is 23.7 Å². The lowest BCUT2D eigenvalue weighted by atomic mass is 10.1. The smallest absolute Gasteiger partial charge is 0.291 e. The van der Waals surface area contributed by atoms with Crippen molar-refractivity contribution >= 4 is 17.5 Å². The summed E-state index contributed by atoms with van der Waals surface area (Å²) >= 11 is 0. The van der Waals surface area contributed by atoms with Gasteiger partial charge in [-0.05, 0) is 36.8 Å². The van der Waals surface area contributed by atoms with Crippen molar-refractivity contribution in [3.63, 3.8) is 0 Å². The molecule has 2 aliphatic heterocycles. The van der Waals surface area contributed by atoms with Crippen molar-refractivity contribution in [2.24, 2.45) is 0 Å². The summed E-state index contributed by atoms with van der Waals surface area (Å²) in [5, 5.41) is 9.57. The summed E-state index contributed by atoms with van der Waals surface area (Å²) < 4.78 is 6.11. The largest absolute Gasteiger partial charge is 0.486 e. The number of pyridine rings is 1. The lowest BCUT2D eigenvalue weighted by Gasteiger charge is -2.32. The molecule has 41 heavy (non-hydrogen) atoms. The van der Waals surface area contributed by atoms with Crippen molar-refractivity contribution in [3.8, 4) is 29.9 Å². The number of nitrogens with one attached hydrogen (secondary N) is 2. The van der Waals surface area contributed by atoms with Gasteiger partial charge in [0, 0.05) is 57.6 Å². The molecule has 210 valence electrons. The minimum atomic E-state index is -0.942. The fourth-order valence-corrected chi connectivity index (χ4v) is 4.80. The van der Waals surface area contributed by atoms with E-state index in [1.54, 1.807) is 26.4 Å². The zero-order valence-corrected chi connectivity index (χ0v) is 23.1. The summed E-state index contributed by atoms with van der Waals surface area (Å²) in [6.07, 6.45) is 8.64. The number of piperazine rings is 1. The minimum Gasteiger partial charge on any atom is -0.486 e. The number of terminal acetylenes is 1. The average Bonchev–Trinajstić information content (AvgIpc) is 3.43. The molecule has 0 spiro atoms. The SMILES string of the molecule is C#CCN1CCN(CC#Cc2ccc3c(c2)N(C)C(=O)[C@@H](NC(=O)c2n[nH]c(Cc4cccnc4)n2)[C@@H](C)O3)CC1. The maximum absolute atomic E-state index is 13.5. The van der Waals surface area contributed by atoms with E-state index in [9.17, 15) is 9.59 Å². The van der Waals surface area contributed by atoms with E-state index >= 15 is 0 Å². The maximum atomic E-state index is 13.5. The molecule has 0 unspecified atom stereocenters. The Hall–Kier alpha value is -4.71. The fraction of sp³-hybridized carbons (Fsp3) is 0.367. The molecule has 11 nitrogen and oxygen atoms in total. The van der Waals surface area contributed by atoms with E-state index in [-0.39, 0.29) is 11.7 Å². The number of ether oxygens (including phenoxy) is 1. The Kier molecular flexibility index (Phi) is 8.59. The van der Waals surface area contributed by atoms with Gasteiger partial charge in [0.05, 0.1) is 18.8 Å². The van der Waals surface area contributed by atoms with Crippen LogP contribution in [0.25, 0.3) is 0 Å². The van der Waals surface area contributed by atoms with Crippen LogP contribution in [-0.2, 0) is 11.2 Å². The average molecular weight is 553 g/mol. The van der Waals surface area contributed by atoms with Crippen molar-refractivity contribution in [2.45, 2.75) is 25.5 Å². The van der Waals surface area contributed by atoms with Crippen molar-refractivity contribution in [2.75, 3.05) is 51.2 Å². The molecular formula is C30H32N8O3. The maximum Gasteiger partial charge on any atom is 0.291 e. The van der Waals surface area contributed by atoms with Gasteiger partial charge in [-0.2, -0.15) is 0 Å². The molecular weight excluding hydrogens is 520 g/mol. The standard InChI is InChI=1S/C30H32N8O3/c1-4-12-37-14-16-38(17-15-37)13-6-8-22-9-10-25-24(18-22)36(3)30(40)27(21(2)41-25)33-29(39)28-32-26(34-35-28)19-23-7-5-11-31-20-23/h1,5,7,9-11,18,20-21,27H,12-17,19H2,2-3H3,(H,33,39)(H,32,34,35)/t21-,27+/m1/s1. The second kappa shape index (κ2) is 12.6. The first kappa shape index (κ1) is 27.8.